The Balaban J connectivity index is 1.56. The molecule has 1 aliphatic rings. The van der Waals surface area contributed by atoms with Crippen molar-refractivity contribution in [2.75, 3.05) is 13.1 Å². The number of carbonyl (C=O) groups is 2. The van der Waals surface area contributed by atoms with E-state index in [0.717, 1.165) is 5.56 Å². The van der Waals surface area contributed by atoms with Gasteiger partial charge < -0.3 is 19.5 Å². The van der Waals surface area contributed by atoms with Crippen LogP contribution >= 0.6 is 0 Å². The lowest BCUT2D eigenvalue weighted by atomic mass is 10.1. The molecular weight excluding hydrogens is 318 g/mol. The first kappa shape index (κ1) is 17.1. The van der Waals surface area contributed by atoms with E-state index in [9.17, 15) is 9.59 Å². The monoisotopic (exact) mass is 341 g/mol. The molecule has 1 aromatic carbocycles. The summed E-state index contributed by atoms with van der Waals surface area (Å²) in [6, 6.07) is 11.0. The van der Waals surface area contributed by atoms with Gasteiger partial charge in [-0.25, -0.2) is 4.79 Å². The minimum Gasteiger partial charge on any atom is -0.467 e. The molecule has 0 radical (unpaired) electrons. The van der Waals surface area contributed by atoms with Crippen LogP contribution in [0.4, 0.5) is 4.79 Å². The number of piperazine rings is 1. The van der Waals surface area contributed by atoms with Crippen LogP contribution in [0, 0.1) is 6.92 Å². The number of hydrogen-bond acceptors (Lipinski definition) is 3. The van der Waals surface area contributed by atoms with E-state index in [1.54, 1.807) is 30.2 Å². The van der Waals surface area contributed by atoms with Gasteiger partial charge in [0.25, 0.3) is 0 Å². The first-order chi connectivity index (χ1) is 12.0. The highest BCUT2D eigenvalue weighted by Crippen LogP contribution is 2.15. The van der Waals surface area contributed by atoms with Gasteiger partial charge in [-0.1, -0.05) is 29.8 Å². The van der Waals surface area contributed by atoms with Crippen molar-refractivity contribution in [1.29, 1.82) is 0 Å². The maximum absolute atomic E-state index is 12.6. The fraction of sp³-hybridized carbons (Fsp3) is 0.368. The normalized spacial score (nSPS) is 17.7. The van der Waals surface area contributed by atoms with Gasteiger partial charge in [-0.2, -0.15) is 0 Å². The van der Waals surface area contributed by atoms with Gasteiger partial charge in [0.05, 0.1) is 12.8 Å². The summed E-state index contributed by atoms with van der Waals surface area (Å²) in [6.07, 6.45) is 1.57. The Morgan fingerprint density at radius 3 is 2.68 bits per heavy atom. The first-order valence-corrected chi connectivity index (χ1v) is 8.46. The molecule has 1 atom stereocenters. The van der Waals surface area contributed by atoms with Crippen LogP contribution in [-0.2, 0) is 17.9 Å². The Labute approximate surface area is 147 Å². The molecule has 1 saturated heterocycles. The minimum atomic E-state index is -0.476. The fourth-order valence-electron chi connectivity index (χ4n) is 2.96. The van der Waals surface area contributed by atoms with Gasteiger partial charge in [-0.15, -0.1) is 0 Å². The van der Waals surface area contributed by atoms with E-state index in [1.165, 1.54) is 5.56 Å². The van der Waals surface area contributed by atoms with Gasteiger partial charge in [0.2, 0.25) is 5.91 Å². The molecule has 2 heterocycles. The van der Waals surface area contributed by atoms with Crippen LogP contribution in [0.25, 0.3) is 0 Å². The van der Waals surface area contributed by atoms with Crippen LogP contribution in [0.15, 0.2) is 47.1 Å². The van der Waals surface area contributed by atoms with Gasteiger partial charge in [0.15, 0.2) is 0 Å². The number of carbonyl (C=O) groups excluding carboxylic acids is 2. The summed E-state index contributed by atoms with van der Waals surface area (Å²) in [6.45, 7) is 5.75. The van der Waals surface area contributed by atoms with Crippen molar-refractivity contribution in [1.82, 2.24) is 15.1 Å². The fourth-order valence-corrected chi connectivity index (χ4v) is 2.96. The third-order valence-electron chi connectivity index (χ3n) is 4.50. The number of hydrogen-bond donors (Lipinski definition) is 1. The lowest BCUT2D eigenvalue weighted by molar-refractivity contribution is -0.139. The Morgan fingerprint density at radius 1 is 1.24 bits per heavy atom. The van der Waals surface area contributed by atoms with Gasteiger partial charge in [-0.3, -0.25) is 4.79 Å². The highest BCUT2D eigenvalue weighted by atomic mass is 16.3. The molecule has 1 N–H and O–H groups in total. The zero-order valence-corrected chi connectivity index (χ0v) is 14.6. The average Bonchev–Trinajstić information content (AvgIpc) is 3.12. The van der Waals surface area contributed by atoms with Crippen molar-refractivity contribution in [2.45, 2.75) is 33.0 Å². The number of amides is 3. The molecule has 132 valence electrons. The highest BCUT2D eigenvalue weighted by molar-refractivity contribution is 5.88. The van der Waals surface area contributed by atoms with E-state index in [4.69, 9.17) is 4.42 Å². The quantitative estimate of drug-likeness (QED) is 0.929. The van der Waals surface area contributed by atoms with Crippen LogP contribution in [0.1, 0.15) is 23.8 Å². The lowest BCUT2D eigenvalue weighted by Gasteiger charge is -2.39. The van der Waals surface area contributed by atoms with E-state index in [0.29, 0.717) is 31.9 Å². The summed E-state index contributed by atoms with van der Waals surface area (Å²) in [5.41, 5.74) is 2.29. The second-order valence-corrected chi connectivity index (χ2v) is 6.35. The van der Waals surface area contributed by atoms with Crippen molar-refractivity contribution in [2.24, 2.45) is 0 Å². The molecule has 3 rings (SSSR count). The first-order valence-electron chi connectivity index (χ1n) is 8.46. The zero-order valence-electron chi connectivity index (χ0n) is 14.6. The molecule has 0 unspecified atom stereocenters. The predicted octanol–water partition coefficient (Wildman–Crippen LogP) is 2.53. The summed E-state index contributed by atoms with van der Waals surface area (Å²) in [5.74, 6) is 0.658. The summed E-state index contributed by atoms with van der Waals surface area (Å²) >= 11 is 0. The molecule has 0 spiro atoms. The van der Waals surface area contributed by atoms with Gasteiger partial charge in [0, 0.05) is 19.6 Å². The Morgan fingerprint density at radius 2 is 2.00 bits per heavy atom. The van der Waals surface area contributed by atoms with Gasteiger partial charge in [-0.05, 0) is 31.5 Å². The Bertz CT molecular complexity index is 725. The maximum Gasteiger partial charge on any atom is 0.318 e. The standard InChI is InChI=1S/C19H23N3O3/c1-14-5-7-16(8-6-14)13-21-9-10-22(15(2)18(21)23)19(24)20-12-17-4-3-11-25-17/h3-8,11,15H,9-10,12-13H2,1-2H3,(H,20,24)/t15-/m1/s1. The lowest BCUT2D eigenvalue weighted by Crippen LogP contribution is -2.59. The van der Waals surface area contributed by atoms with Gasteiger partial charge >= 0.3 is 6.03 Å². The van der Waals surface area contributed by atoms with Crippen molar-refractivity contribution >= 4 is 11.9 Å². The smallest absolute Gasteiger partial charge is 0.318 e. The van der Waals surface area contributed by atoms with Crippen LogP contribution < -0.4 is 5.32 Å². The van der Waals surface area contributed by atoms with Crippen LogP contribution in [0.3, 0.4) is 0 Å². The van der Waals surface area contributed by atoms with E-state index in [1.807, 2.05) is 36.1 Å². The molecule has 0 saturated carbocycles. The second-order valence-electron chi connectivity index (χ2n) is 6.35. The number of nitrogens with one attached hydrogen (secondary N) is 1. The molecule has 3 amide bonds. The Kier molecular flexibility index (Phi) is 5.07. The third kappa shape index (κ3) is 4.02. The van der Waals surface area contributed by atoms with Crippen molar-refractivity contribution in [3.8, 4) is 0 Å². The highest BCUT2D eigenvalue weighted by Gasteiger charge is 2.34. The molecule has 6 heteroatoms. The summed E-state index contributed by atoms with van der Waals surface area (Å²) in [5, 5.41) is 2.80. The second kappa shape index (κ2) is 7.42. The van der Waals surface area contributed by atoms with E-state index in [2.05, 4.69) is 5.32 Å². The molecular formula is C19H23N3O3. The van der Waals surface area contributed by atoms with E-state index < -0.39 is 6.04 Å². The van der Waals surface area contributed by atoms with Crippen LogP contribution in [-0.4, -0.2) is 40.9 Å². The SMILES string of the molecule is Cc1ccc(CN2CCN(C(=O)NCc3ccco3)[C@H](C)C2=O)cc1. The number of aryl methyl sites for hydroxylation is 1. The summed E-state index contributed by atoms with van der Waals surface area (Å²) < 4.78 is 5.20. The summed E-state index contributed by atoms with van der Waals surface area (Å²) in [7, 11) is 0. The number of urea groups is 1. The summed E-state index contributed by atoms with van der Waals surface area (Å²) in [4.78, 5) is 28.4. The van der Waals surface area contributed by atoms with E-state index in [-0.39, 0.29) is 11.9 Å². The predicted molar refractivity (Wildman–Crippen MR) is 93.7 cm³/mol. The topological polar surface area (TPSA) is 65.8 Å². The van der Waals surface area contributed by atoms with E-state index >= 15 is 0 Å². The van der Waals surface area contributed by atoms with Crippen LogP contribution in [0.5, 0.6) is 0 Å². The molecule has 25 heavy (non-hydrogen) atoms. The third-order valence-corrected chi connectivity index (χ3v) is 4.50. The largest absolute Gasteiger partial charge is 0.467 e. The number of furan rings is 1. The van der Waals surface area contributed by atoms with Crippen molar-refractivity contribution < 1.29 is 14.0 Å². The van der Waals surface area contributed by atoms with Crippen LogP contribution in [0.2, 0.25) is 0 Å². The zero-order chi connectivity index (χ0) is 17.8. The number of benzene rings is 1. The molecule has 0 bridgehead atoms. The van der Waals surface area contributed by atoms with Gasteiger partial charge in [0.1, 0.15) is 11.8 Å². The molecule has 1 aliphatic heterocycles. The Hall–Kier alpha value is -2.76. The van der Waals surface area contributed by atoms with Crippen molar-refractivity contribution in [3.05, 3.63) is 59.5 Å². The molecule has 0 aliphatic carbocycles. The molecule has 1 aromatic heterocycles. The minimum absolute atomic E-state index is 0.0278. The maximum atomic E-state index is 12.6. The average molecular weight is 341 g/mol. The number of rotatable bonds is 4. The molecule has 1 fully saturated rings. The van der Waals surface area contributed by atoms with Crippen molar-refractivity contribution in [3.63, 3.8) is 0 Å². The molecule has 6 nitrogen and oxygen atoms in total. The molecule has 2 aromatic rings. The number of nitrogens with zero attached hydrogens (tertiary/aromatic N) is 2.